The number of aliphatic hydroxyl groups excluding tert-OH is 1. The number of aliphatic hydroxyl groups is 1. The molecule has 1 aliphatic rings. The van der Waals surface area contributed by atoms with Crippen molar-refractivity contribution in [3.8, 4) is 0 Å². The number of carbonyl (C=O) groups is 2. The molecule has 110 valence electrons. The van der Waals surface area contributed by atoms with Gasteiger partial charge in [0, 0.05) is 18.4 Å². The Hall–Kier alpha value is -1.30. The van der Waals surface area contributed by atoms with Gasteiger partial charge in [-0.2, -0.15) is 0 Å². The summed E-state index contributed by atoms with van der Waals surface area (Å²) < 4.78 is 5.23. The number of aliphatic carboxylic acids is 1. The van der Waals surface area contributed by atoms with E-state index in [1.54, 1.807) is 34.6 Å². The van der Waals surface area contributed by atoms with Gasteiger partial charge in [0.15, 0.2) is 0 Å². The van der Waals surface area contributed by atoms with Gasteiger partial charge in [0.25, 0.3) is 0 Å². The molecule has 0 bridgehead atoms. The van der Waals surface area contributed by atoms with Gasteiger partial charge < -0.3 is 14.9 Å². The average Bonchev–Trinajstić information content (AvgIpc) is 2.18. The van der Waals surface area contributed by atoms with Crippen LogP contribution in [0.2, 0.25) is 0 Å². The summed E-state index contributed by atoms with van der Waals surface area (Å²) in [5.41, 5.74) is -1.23. The van der Waals surface area contributed by atoms with Crippen molar-refractivity contribution in [2.75, 3.05) is 6.54 Å². The molecule has 6 heteroatoms. The molecule has 1 heterocycles. The minimum atomic E-state index is -1.12. The molecule has 0 spiro atoms. The van der Waals surface area contributed by atoms with Gasteiger partial charge in [-0.1, -0.05) is 13.8 Å². The zero-order valence-corrected chi connectivity index (χ0v) is 12.1. The third-order valence-electron chi connectivity index (χ3n) is 3.22. The smallest absolute Gasteiger partial charge is 0.411 e. The highest BCUT2D eigenvalue weighted by Crippen LogP contribution is 2.33. The van der Waals surface area contributed by atoms with Crippen LogP contribution < -0.4 is 0 Å². The number of amides is 1. The van der Waals surface area contributed by atoms with Gasteiger partial charge in [0.2, 0.25) is 0 Å². The van der Waals surface area contributed by atoms with Crippen molar-refractivity contribution in [1.82, 2.24) is 4.90 Å². The molecule has 0 aliphatic carbocycles. The predicted molar refractivity (Wildman–Crippen MR) is 68.8 cm³/mol. The lowest BCUT2D eigenvalue weighted by molar-refractivity contribution is -0.150. The van der Waals surface area contributed by atoms with Gasteiger partial charge >= 0.3 is 12.1 Å². The molecule has 1 amide bonds. The first kappa shape index (κ1) is 15.8. The normalized spacial score (nSPS) is 26.9. The lowest BCUT2D eigenvalue weighted by Gasteiger charge is -2.45. The SMILES string of the molecule is CC(C)(C)OC(=O)N1CC(C)(C)[C@H](O)C[C@H]1C(=O)O. The van der Waals surface area contributed by atoms with E-state index in [4.69, 9.17) is 4.74 Å². The van der Waals surface area contributed by atoms with Crippen LogP contribution in [0.3, 0.4) is 0 Å². The van der Waals surface area contributed by atoms with Crippen LogP contribution in [0.25, 0.3) is 0 Å². The van der Waals surface area contributed by atoms with Crippen molar-refractivity contribution in [1.29, 1.82) is 0 Å². The van der Waals surface area contributed by atoms with Crippen molar-refractivity contribution in [3.05, 3.63) is 0 Å². The molecular weight excluding hydrogens is 250 g/mol. The fourth-order valence-corrected chi connectivity index (χ4v) is 2.06. The van der Waals surface area contributed by atoms with Crippen LogP contribution in [-0.4, -0.2) is 51.5 Å². The van der Waals surface area contributed by atoms with Crippen molar-refractivity contribution >= 4 is 12.1 Å². The van der Waals surface area contributed by atoms with Gasteiger partial charge in [0.05, 0.1) is 6.10 Å². The van der Waals surface area contributed by atoms with Gasteiger partial charge in [0.1, 0.15) is 11.6 Å². The summed E-state index contributed by atoms with van der Waals surface area (Å²) in [6.07, 6.45) is -1.39. The summed E-state index contributed by atoms with van der Waals surface area (Å²) in [7, 11) is 0. The largest absolute Gasteiger partial charge is 0.480 e. The molecule has 0 unspecified atom stereocenters. The summed E-state index contributed by atoms with van der Waals surface area (Å²) in [6, 6.07) is -1.04. The average molecular weight is 273 g/mol. The monoisotopic (exact) mass is 273 g/mol. The molecule has 0 aromatic carbocycles. The number of hydrogen-bond donors (Lipinski definition) is 2. The Morgan fingerprint density at radius 2 is 1.84 bits per heavy atom. The Balaban J connectivity index is 2.93. The van der Waals surface area contributed by atoms with Gasteiger partial charge in [-0.05, 0) is 20.8 Å². The summed E-state index contributed by atoms with van der Waals surface area (Å²) >= 11 is 0. The standard InChI is InChI=1S/C13H23NO5/c1-12(2,3)19-11(18)14-7-13(4,5)9(15)6-8(14)10(16)17/h8-9,15H,6-7H2,1-5H3,(H,16,17)/t8-,9+/m0/s1. The number of nitrogens with zero attached hydrogens (tertiary/aromatic N) is 1. The van der Waals surface area contributed by atoms with Crippen LogP contribution in [0.1, 0.15) is 41.0 Å². The number of carboxylic acid groups (broad SMARTS) is 1. The van der Waals surface area contributed by atoms with E-state index in [-0.39, 0.29) is 13.0 Å². The first-order valence-corrected chi connectivity index (χ1v) is 6.34. The number of carboxylic acids is 1. The molecule has 1 fully saturated rings. The highest BCUT2D eigenvalue weighted by Gasteiger charge is 2.45. The lowest BCUT2D eigenvalue weighted by atomic mass is 9.78. The second-order valence-electron chi connectivity index (χ2n) is 6.70. The first-order chi connectivity index (χ1) is 8.44. The zero-order chi connectivity index (χ0) is 15.0. The molecule has 19 heavy (non-hydrogen) atoms. The topological polar surface area (TPSA) is 87.1 Å². The number of piperidine rings is 1. The third-order valence-corrected chi connectivity index (χ3v) is 3.22. The maximum absolute atomic E-state index is 12.1. The van der Waals surface area contributed by atoms with Gasteiger partial charge in [-0.25, -0.2) is 9.59 Å². The summed E-state index contributed by atoms with van der Waals surface area (Å²) in [6.45, 7) is 8.93. The Morgan fingerprint density at radius 1 is 1.32 bits per heavy atom. The number of likely N-dealkylation sites (tertiary alicyclic amines) is 1. The molecule has 0 aromatic rings. The number of carbonyl (C=O) groups excluding carboxylic acids is 1. The molecule has 1 aliphatic heterocycles. The van der Waals surface area contributed by atoms with Crippen LogP contribution in [0.5, 0.6) is 0 Å². The molecular formula is C13H23NO5. The number of rotatable bonds is 1. The Kier molecular flexibility index (Phi) is 4.14. The summed E-state index contributed by atoms with van der Waals surface area (Å²) in [5, 5.41) is 19.1. The van der Waals surface area contributed by atoms with E-state index in [0.29, 0.717) is 0 Å². The summed E-state index contributed by atoms with van der Waals surface area (Å²) in [5.74, 6) is -1.12. The fraction of sp³-hybridized carbons (Fsp3) is 0.846. The van der Waals surface area contributed by atoms with Crippen LogP contribution in [0.4, 0.5) is 4.79 Å². The van der Waals surface area contributed by atoms with E-state index >= 15 is 0 Å². The van der Waals surface area contributed by atoms with E-state index in [1.807, 2.05) is 0 Å². The maximum atomic E-state index is 12.1. The predicted octanol–water partition coefficient (Wildman–Crippen LogP) is 1.47. The van der Waals surface area contributed by atoms with Crippen LogP contribution in [0, 0.1) is 5.41 Å². The van der Waals surface area contributed by atoms with E-state index in [9.17, 15) is 19.8 Å². The van der Waals surface area contributed by atoms with E-state index in [1.165, 1.54) is 4.90 Å². The maximum Gasteiger partial charge on any atom is 0.411 e. The summed E-state index contributed by atoms with van der Waals surface area (Å²) in [4.78, 5) is 24.5. The first-order valence-electron chi connectivity index (χ1n) is 6.34. The second-order valence-corrected chi connectivity index (χ2v) is 6.70. The quantitative estimate of drug-likeness (QED) is 0.755. The van der Waals surface area contributed by atoms with E-state index < -0.39 is 35.2 Å². The molecule has 2 atom stereocenters. The number of hydrogen-bond acceptors (Lipinski definition) is 4. The molecule has 0 radical (unpaired) electrons. The van der Waals surface area contributed by atoms with Crippen molar-refractivity contribution < 1.29 is 24.5 Å². The fourth-order valence-electron chi connectivity index (χ4n) is 2.06. The van der Waals surface area contributed by atoms with E-state index in [0.717, 1.165) is 0 Å². The van der Waals surface area contributed by atoms with Crippen LogP contribution >= 0.6 is 0 Å². The molecule has 1 rings (SSSR count). The molecule has 6 nitrogen and oxygen atoms in total. The minimum absolute atomic E-state index is 0.0155. The Labute approximate surface area is 113 Å². The van der Waals surface area contributed by atoms with Crippen molar-refractivity contribution in [2.24, 2.45) is 5.41 Å². The lowest BCUT2D eigenvalue weighted by Crippen LogP contribution is -2.59. The molecule has 1 saturated heterocycles. The molecule has 2 N–H and O–H groups in total. The van der Waals surface area contributed by atoms with Gasteiger partial charge in [-0.15, -0.1) is 0 Å². The van der Waals surface area contributed by atoms with Crippen molar-refractivity contribution in [3.63, 3.8) is 0 Å². The van der Waals surface area contributed by atoms with E-state index in [2.05, 4.69) is 0 Å². The van der Waals surface area contributed by atoms with Crippen molar-refractivity contribution in [2.45, 2.75) is 58.8 Å². The minimum Gasteiger partial charge on any atom is -0.480 e. The Bertz CT molecular complexity index is 372. The van der Waals surface area contributed by atoms with Gasteiger partial charge in [-0.3, -0.25) is 4.90 Å². The molecule has 0 aromatic heterocycles. The zero-order valence-electron chi connectivity index (χ0n) is 12.1. The number of ether oxygens (including phenoxy) is 1. The highest BCUT2D eigenvalue weighted by molar-refractivity contribution is 5.80. The van der Waals surface area contributed by atoms with Crippen LogP contribution in [0.15, 0.2) is 0 Å². The third kappa shape index (κ3) is 3.83. The molecule has 0 saturated carbocycles. The second kappa shape index (κ2) is 5.00. The highest BCUT2D eigenvalue weighted by atomic mass is 16.6. The van der Waals surface area contributed by atoms with Crippen LogP contribution in [-0.2, 0) is 9.53 Å². The Morgan fingerprint density at radius 3 is 2.26 bits per heavy atom.